The van der Waals surface area contributed by atoms with Crippen molar-refractivity contribution in [1.82, 2.24) is 19.7 Å². The Labute approximate surface area is 153 Å². The summed E-state index contributed by atoms with van der Waals surface area (Å²) in [7, 11) is 1.66. The van der Waals surface area contributed by atoms with E-state index in [-0.39, 0.29) is 11.4 Å². The maximum atomic E-state index is 12.8. The Morgan fingerprint density at radius 1 is 1.15 bits per heavy atom. The van der Waals surface area contributed by atoms with Crippen molar-refractivity contribution < 1.29 is 9.53 Å². The summed E-state index contributed by atoms with van der Waals surface area (Å²) in [5.74, 6) is 1.08. The molecular formula is C19H25N5O2. The molecule has 0 radical (unpaired) electrons. The highest BCUT2D eigenvalue weighted by molar-refractivity contribution is 5.94. The molecule has 0 N–H and O–H groups in total. The SMILES string of the molecule is COCCN1C(=O)CC2(CCN(Cc3ccncc3)CC2)n2nccc21. The summed E-state index contributed by atoms with van der Waals surface area (Å²) in [6.45, 7) is 3.97. The van der Waals surface area contributed by atoms with E-state index in [0.717, 1.165) is 38.3 Å². The van der Waals surface area contributed by atoms with E-state index in [9.17, 15) is 4.79 Å². The third kappa shape index (κ3) is 3.12. The molecule has 1 fully saturated rings. The van der Waals surface area contributed by atoms with Crippen molar-refractivity contribution in [1.29, 1.82) is 0 Å². The van der Waals surface area contributed by atoms with E-state index < -0.39 is 0 Å². The minimum Gasteiger partial charge on any atom is -0.383 e. The Morgan fingerprint density at radius 2 is 1.92 bits per heavy atom. The first-order chi connectivity index (χ1) is 12.7. The summed E-state index contributed by atoms with van der Waals surface area (Å²) in [5.41, 5.74) is 1.09. The van der Waals surface area contributed by atoms with E-state index in [4.69, 9.17) is 4.74 Å². The highest BCUT2D eigenvalue weighted by Gasteiger charge is 2.45. The maximum absolute atomic E-state index is 12.8. The van der Waals surface area contributed by atoms with Crippen LogP contribution in [0.1, 0.15) is 24.8 Å². The Hall–Kier alpha value is -2.25. The van der Waals surface area contributed by atoms with Crippen LogP contribution in [0.3, 0.4) is 0 Å². The fraction of sp³-hybridized carbons (Fsp3) is 0.526. The van der Waals surface area contributed by atoms with Crippen LogP contribution in [0.15, 0.2) is 36.8 Å². The second kappa shape index (κ2) is 7.17. The second-order valence-corrected chi connectivity index (χ2v) is 7.17. The highest BCUT2D eigenvalue weighted by atomic mass is 16.5. The zero-order valence-electron chi connectivity index (χ0n) is 15.2. The number of pyridine rings is 1. The monoisotopic (exact) mass is 355 g/mol. The fourth-order valence-corrected chi connectivity index (χ4v) is 4.13. The number of hydrogen-bond acceptors (Lipinski definition) is 5. The van der Waals surface area contributed by atoms with Crippen LogP contribution < -0.4 is 4.90 Å². The lowest BCUT2D eigenvalue weighted by atomic mass is 9.82. The van der Waals surface area contributed by atoms with Crippen molar-refractivity contribution in [2.45, 2.75) is 31.3 Å². The van der Waals surface area contributed by atoms with Gasteiger partial charge < -0.3 is 4.74 Å². The van der Waals surface area contributed by atoms with Gasteiger partial charge in [0.2, 0.25) is 5.91 Å². The van der Waals surface area contributed by atoms with Crippen LogP contribution in [0.25, 0.3) is 0 Å². The third-order valence-corrected chi connectivity index (χ3v) is 5.59. The molecule has 0 aromatic carbocycles. The number of methoxy groups -OCH3 is 1. The minimum absolute atomic E-state index is 0.178. The molecule has 7 nitrogen and oxygen atoms in total. The molecule has 0 saturated carbocycles. The average Bonchev–Trinajstić information content (AvgIpc) is 3.15. The summed E-state index contributed by atoms with van der Waals surface area (Å²) >= 11 is 0. The number of fused-ring (bicyclic) bond motifs is 2. The van der Waals surface area contributed by atoms with Gasteiger partial charge in [-0.3, -0.25) is 19.6 Å². The lowest BCUT2D eigenvalue weighted by Crippen LogP contribution is -2.54. The number of carbonyl (C=O) groups is 1. The molecule has 1 saturated heterocycles. The largest absolute Gasteiger partial charge is 0.383 e. The fourth-order valence-electron chi connectivity index (χ4n) is 4.13. The van der Waals surface area contributed by atoms with Gasteiger partial charge in [-0.2, -0.15) is 5.10 Å². The van der Waals surface area contributed by atoms with Crippen LogP contribution in [0.4, 0.5) is 5.82 Å². The summed E-state index contributed by atoms with van der Waals surface area (Å²) in [5, 5.41) is 4.59. The van der Waals surface area contributed by atoms with Crippen LogP contribution in [0, 0.1) is 0 Å². The number of aromatic nitrogens is 3. The first-order valence-electron chi connectivity index (χ1n) is 9.17. The van der Waals surface area contributed by atoms with Gasteiger partial charge in [0.05, 0.1) is 31.3 Å². The molecule has 1 amide bonds. The van der Waals surface area contributed by atoms with Gasteiger partial charge in [0.1, 0.15) is 5.82 Å². The molecule has 0 unspecified atom stereocenters. The quantitative estimate of drug-likeness (QED) is 0.816. The van der Waals surface area contributed by atoms with Gasteiger partial charge in [0.15, 0.2) is 0 Å². The second-order valence-electron chi connectivity index (χ2n) is 7.17. The molecule has 0 atom stereocenters. The topological polar surface area (TPSA) is 63.5 Å². The van der Waals surface area contributed by atoms with E-state index in [0.29, 0.717) is 19.6 Å². The maximum Gasteiger partial charge on any atom is 0.230 e. The molecular weight excluding hydrogens is 330 g/mol. The van der Waals surface area contributed by atoms with Crippen molar-refractivity contribution in [3.8, 4) is 0 Å². The molecule has 2 aromatic rings. The van der Waals surface area contributed by atoms with Gasteiger partial charge in [-0.05, 0) is 30.5 Å². The molecule has 0 aliphatic carbocycles. The number of ether oxygens (including phenoxy) is 1. The number of hydrogen-bond donors (Lipinski definition) is 0. The van der Waals surface area contributed by atoms with Crippen LogP contribution in [0.5, 0.6) is 0 Å². The smallest absolute Gasteiger partial charge is 0.230 e. The zero-order chi connectivity index (χ0) is 18.0. The Balaban J connectivity index is 1.49. The first kappa shape index (κ1) is 17.2. The minimum atomic E-state index is -0.186. The van der Waals surface area contributed by atoms with Gasteiger partial charge in [-0.15, -0.1) is 0 Å². The molecule has 4 rings (SSSR count). The summed E-state index contributed by atoms with van der Waals surface area (Å²) in [6, 6.07) is 6.07. The summed E-state index contributed by atoms with van der Waals surface area (Å²) < 4.78 is 7.25. The number of likely N-dealkylation sites (tertiary alicyclic amines) is 1. The average molecular weight is 355 g/mol. The molecule has 26 heavy (non-hydrogen) atoms. The van der Waals surface area contributed by atoms with Crippen molar-refractivity contribution in [2.75, 3.05) is 38.3 Å². The van der Waals surface area contributed by atoms with E-state index in [1.807, 2.05) is 23.4 Å². The standard InChI is InChI=1S/C19H25N5O2/c1-26-13-12-23-17-4-9-21-24(17)19(14-18(23)25)5-10-22(11-6-19)15-16-2-7-20-8-3-16/h2-4,7-9H,5-6,10-15H2,1H3. The van der Waals surface area contributed by atoms with Gasteiger partial charge >= 0.3 is 0 Å². The van der Waals surface area contributed by atoms with Crippen LogP contribution in [0.2, 0.25) is 0 Å². The lowest BCUT2D eigenvalue weighted by Gasteiger charge is -2.46. The normalized spacial score (nSPS) is 19.7. The van der Waals surface area contributed by atoms with Crippen molar-refractivity contribution in [3.63, 3.8) is 0 Å². The van der Waals surface area contributed by atoms with E-state index in [1.54, 1.807) is 13.3 Å². The van der Waals surface area contributed by atoms with Gasteiger partial charge in [-0.1, -0.05) is 0 Å². The molecule has 4 heterocycles. The lowest BCUT2D eigenvalue weighted by molar-refractivity contribution is -0.123. The van der Waals surface area contributed by atoms with Crippen molar-refractivity contribution >= 4 is 11.7 Å². The van der Waals surface area contributed by atoms with E-state index in [2.05, 4.69) is 31.8 Å². The number of nitrogens with zero attached hydrogens (tertiary/aromatic N) is 5. The Morgan fingerprint density at radius 3 is 2.65 bits per heavy atom. The molecule has 7 heteroatoms. The summed E-state index contributed by atoms with van der Waals surface area (Å²) in [4.78, 5) is 21.2. The molecule has 2 aromatic heterocycles. The van der Waals surface area contributed by atoms with Crippen LogP contribution in [-0.2, 0) is 21.6 Å². The predicted molar refractivity (Wildman–Crippen MR) is 97.8 cm³/mol. The van der Waals surface area contributed by atoms with Crippen molar-refractivity contribution in [3.05, 3.63) is 42.4 Å². The van der Waals surface area contributed by atoms with Crippen LogP contribution >= 0.6 is 0 Å². The number of amides is 1. The van der Waals surface area contributed by atoms with Gasteiger partial charge in [0, 0.05) is 45.2 Å². The Bertz CT molecular complexity index is 752. The first-order valence-corrected chi connectivity index (χ1v) is 9.17. The molecule has 2 aliphatic rings. The van der Waals surface area contributed by atoms with Gasteiger partial charge in [-0.25, -0.2) is 4.68 Å². The number of piperidine rings is 1. The van der Waals surface area contributed by atoms with Gasteiger partial charge in [0.25, 0.3) is 0 Å². The number of anilines is 1. The van der Waals surface area contributed by atoms with Crippen LogP contribution in [-0.4, -0.2) is 58.9 Å². The highest BCUT2D eigenvalue weighted by Crippen LogP contribution is 2.40. The molecule has 1 spiro atoms. The van der Waals surface area contributed by atoms with Crippen molar-refractivity contribution in [2.24, 2.45) is 0 Å². The molecule has 0 bridgehead atoms. The Kier molecular flexibility index (Phi) is 4.74. The number of carbonyl (C=O) groups excluding carboxylic acids is 1. The number of rotatable bonds is 5. The van der Waals surface area contributed by atoms with E-state index >= 15 is 0 Å². The third-order valence-electron chi connectivity index (χ3n) is 5.59. The van der Waals surface area contributed by atoms with E-state index in [1.165, 1.54) is 5.56 Å². The predicted octanol–water partition coefficient (Wildman–Crippen LogP) is 1.65. The summed E-state index contributed by atoms with van der Waals surface area (Å²) in [6.07, 6.45) is 7.89. The molecule has 2 aliphatic heterocycles. The zero-order valence-corrected chi connectivity index (χ0v) is 15.2. The molecule has 138 valence electrons.